The standard InChI is InChI=1S/C21H26F2N4O4/c1-21(2,3)31-20(29)26-9-4-8-25(11-12-26)19(28)17-7-10-27(24-17)14-30-18-6-5-15(22)13-16(18)23/h5-7,10,13H,4,8-9,11-12,14H2,1-3H3. The summed E-state index contributed by atoms with van der Waals surface area (Å²) < 4.78 is 38.7. The first-order chi connectivity index (χ1) is 14.6. The minimum atomic E-state index is -0.817. The zero-order valence-electron chi connectivity index (χ0n) is 17.8. The third-order valence-corrected chi connectivity index (χ3v) is 4.54. The summed E-state index contributed by atoms with van der Waals surface area (Å²) in [6.07, 6.45) is 1.77. The topological polar surface area (TPSA) is 76.9 Å². The van der Waals surface area contributed by atoms with Gasteiger partial charge in [0.2, 0.25) is 0 Å². The molecule has 0 atom stereocenters. The highest BCUT2D eigenvalue weighted by atomic mass is 19.1. The first kappa shape index (κ1) is 22.5. The molecule has 1 fully saturated rings. The molecule has 2 aromatic rings. The lowest BCUT2D eigenvalue weighted by molar-refractivity contribution is 0.0255. The molecule has 0 spiro atoms. The predicted molar refractivity (Wildman–Crippen MR) is 108 cm³/mol. The van der Waals surface area contributed by atoms with Gasteiger partial charge in [0, 0.05) is 38.4 Å². The average Bonchev–Trinajstić information content (AvgIpc) is 3.01. The van der Waals surface area contributed by atoms with Gasteiger partial charge in [0.25, 0.3) is 5.91 Å². The molecule has 1 aliphatic rings. The summed E-state index contributed by atoms with van der Waals surface area (Å²) in [5.74, 6) is -1.89. The van der Waals surface area contributed by atoms with Crippen LogP contribution in [0.15, 0.2) is 30.5 Å². The van der Waals surface area contributed by atoms with Crippen LogP contribution in [0.5, 0.6) is 5.75 Å². The van der Waals surface area contributed by atoms with E-state index >= 15 is 0 Å². The number of ether oxygens (including phenoxy) is 2. The lowest BCUT2D eigenvalue weighted by atomic mass is 10.2. The molecule has 1 aromatic carbocycles. The van der Waals surface area contributed by atoms with Gasteiger partial charge in [-0.15, -0.1) is 0 Å². The number of carbonyl (C=O) groups is 2. The third-order valence-electron chi connectivity index (χ3n) is 4.54. The SMILES string of the molecule is CC(C)(C)OC(=O)N1CCCN(C(=O)c2ccn(COc3ccc(F)cc3F)n2)CC1. The van der Waals surface area contributed by atoms with E-state index in [2.05, 4.69) is 5.10 Å². The number of halogens is 2. The third kappa shape index (κ3) is 6.16. The number of hydrogen-bond acceptors (Lipinski definition) is 5. The van der Waals surface area contributed by atoms with E-state index in [1.165, 1.54) is 10.7 Å². The van der Waals surface area contributed by atoms with Gasteiger partial charge in [-0.3, -0.25) is 4.79 Å². The first-order valence-electron chi connectivity index (χ1n) is 10.0. The molecule has 0 N–H and O–H groups in total. The molecule has 0 bridgehead atoms. The molecule has 0 aliphatic carbocycles. The van der Waals surface area contributed by atoms with Crippen LogP contribution >= 0.6 is 0 Å². The molecule has 3 rings (SSSR count). The molecule has 8 nitrogen and oxygen atoms in total. The number of hydrogen-bond donors (Lipinski definition) is 0. The second-order valence-corrected chi connectivity index (χ2v) is 8.20. The van der Waals surface area contributed by atoms with Crippen molar-refractivity contribution in [2.75, 3.05) is 26.2 Å². The summed E-state index contributed by atoms with van der Waals surface area (Å²) in [5, 5.41) is 4.18. The number of amides is 2. The monoisotopic (exact) mass is 436 g/mol. The summed E-state index contributed by atoms with van der Waals surface area (Å²) in [4.78, 5) is 28.3. The molecule has 168 valence electrons. The van der Waals surface area contributed by atoms with Gasteiger partial charge in [-0.25, -0.2) is 18.3 Å². The van der Waals surface area contributed by atoms with Crippen LogP contribution in [0.2, 0.25) is 0 Å². The highest BCUT2D eigenvalue weighted by Gasteiger charge is 2.27. The fourth-order valence-electron chi connectivity index (χ4n) is 3.07. The van der Waals surface area contributed by atoms with Crippen molar-refractivity contribution >= 4 is 12.0 Å². The van der Waals surface area contributed by atoms with Gasteiger partial charge in [-0.05, 0) is 45.4 Å². The quantitative estimate of drug-likeness (QED) is 0.735. The molecule has 2 amide bonds. The summed E-state index contributed by atoms with van der Waals surface area (Å²) in [5.41, 5.74) is -0.362. The Morgan fingerprint density at radius 1 is 1.06 bits per heavy atom. The molecular weight excluding hydrogens is 410 g/mol. The fourth-order valence-corrected chi connectivity index (χ4v) is 3.07. The van der Waals surface area contributed by atoms with Crippen molar-refractivity contribution < 1.29 is 27.8 Å². The Morgan fingerprint density at radius 2 is 1.77 bits per heavy atom. The highest BCUT2D eigenvalue weighted by molar-refractivity contribution is 5.92. The molecular formula is C21H26F2N4O4. The molecule has 31 heavy (non-hydrogen) atoms. The Bertz CT molecular complexity index is 942. The molecule has 1 aromatic heterocycles. The molecule has 2 heterocycles. The predicted octanol–water partition coefficient (Wildman–Crippen LogP) is 3.28. The highest BCUT2D eigenvalue weighted by Crippen LogP contribution is 2.18. The van der Waals surface area contributed by atoms with Gasteiger partial charge < -0.3 is 19.3 Å². The summed E-state index contributed by atoms with van der Waals surface area (Å²) in [7, 11) is 0. The zero-order chi connectivity index (χ0) is 22.6. The van der Waals surface area contributed by atoms with Gasteiger partial charge in [0.1, 0.15) is 11.4 Å². The minimum absolute atomic E-state index is 0.112. The Hall–Kier alpha value is -3.17. The van der Waals surface area contributed by atoms with Crippen molar-refractivity contribution in [1.29, 1.82) is 0 Å². The maximum absolute atomic E-state index is 13.7. The molecule has 1 aliphatic heterocycles. The van der Waals surface area contributed by atoms with Gasteiger partial charge in [0.15, 0.2) is 24.0 Å². The van der Waals surface area contributed by atoms with Gasteiger partial charge in [-0.2, -0.15) is 5.10 Å². The minimum Gasteiger partial charge on any atom is -0.468 e. The van der Waals surface area contributed by atoms with Crippen LogP contribution in [0, 0.1) is 11.6 Å². The summed E-state index contributed by atoms with van der Waals surface area (Å²) in [6.45, 7) is 7.01. The van der Waals surface area contributed by atoms with E-state index < -0.39 is 23.3 Å². The normalized spacial score (nSPS) is 14.9. The lowest BCUT2D eigenvalue weighted by Gasteiger charge is -2.26. The number of nitrogens with zero attached hydrogens (tertiary/aromatic N) is 4. The van der Waals surface area contributed by atoms with E-state index in [0.29, 0.717) is 32.6 Å². The smallest absolute Gasteiger partial charge is 0.410 e. The lowest BCUT2D eigenvalue weighted by Crippen LogP contribution is -2.40. The molecule has 1 saturated heterocycles. The Balaban J connectivity index is 1.56. The molecule has 0 saturated carbocycles. The fraction of sp³-hybridized carbons (Fsp3) is 0.476. The van der Waals surface area contributed by atoms with Crippen LogP contribution < -0.4 is 4.74 Å². The van der Waals surface area contributed by atoms with Crippen molar-refractivity contribution in [3.8, 4) is 5.75 Å². The van der Waals surface area contributed by atoms with E-state index in [0.717, 1.165) is 12.1 Å². The van der Waals surface area contributed by atoms with Gasteiger partial charge in [-0.1, -0.05) is 0 Å². The summed E-state index contributed by atoms with van der Waals surface area (Å²) >= 11 is 0. The second-order valence-electron chi connectivity index (χ2n) is 8.20. The summed E-state index contributed by atoms with van der Waals surface area (Å²) in [6, 6.07) is 4.56. The van der Waals surface area contributed by atoms with E-state index in [-0.39, 0.29) is 24.1 Å². The van der Waals surface area contributed by atoms with Crippen molar-refractivity contribution in [3.63, 3.8) is 0 Å². The Kier molecular flexibility index (Phi) is 6.77. The van der Waals surface area contributed by atoms with Crippen molar-refractivity contribution in [2.24, 2.45) is 0 Å². The Morgan fingerprint density at radius 3 is 2.48 bits per heavy atom. The van der Waals surface area contributed by atoms with Crippen molar-refractivity contribution in [2.45, 2.75) is 39.5 Å². The average molecular weight is 436 g/mol. The largest absolute Gasteiger partial charge is 0.468 e. The van der Waals surface area contributed by atoms with Gasteiger partial charge >= 0.3 is 6.09 Å². The van der Waals surface area contributed by atoms with Gasteiger partial charge in [0.05, 0.1) is 0 Å². The van der Waals surface area contributed by atoms with E-state index in [1.54, 1.807) is 22.1 Å². The zero-order valence-corrected chi connectivity index (χ0v) is 17.8. The number of aromatic nitrogens is 2. The van der Waals surface area contributed by atoms with E-state index in [9.17, 15) is 18.4 Å². The molecule has 0 radical (unpaired) electrons. The first-order valence-corrected chi connectivity index (χ1v) is 10.0. The van der Waals surface area contributed by atoms with Crippen molar-refractivity contribution in [3.05, 3.63) is 47.8 Å². The van der Waals surface area contributed by atoms with Crippen LogP contribution in [0.1, 0.15) is 37.7 Å². The Labute approximate surface area is 179 Å². The number of carbonyl (C=O) groups excluding carboxylic acids is 2. The number of rotatable bonds is 4. The van der Waals surface area contributed by atoms with Crippen LogP contribution in [0.3, 0.4) is 0 Å². The second kappa shape index (κ2) is 9.32. The maximum Gasteiger partial charge on any atom is 0.410 e. The van der Waals surface area contributed by atoms with Crippen LogP contribution in [0.25, 0.3) is 0 Å². The number of benzene rings is 1. The maximum atomic E-state index is 13.7. The van der Waals surface area contributed by atoms with Crippen LogP contribution in [-0.4, -0.2) is 63.4 Å². The van der Waals surface area contributed by atoms with E-state index in [1.807, 2.05) is 20.8 Å². The van der Waals surface area contributed by atoms with Crippen molar-refractivity contribution in [1.82, 2.24) is 19.6 Å². The van der Waals surface area contributed by atoms with Crippen LogP contribution in [0.4, 0.5) is 13.6 Å². The molecule has 10 heteroatoms. The van der Waals surface area contributed by atoms with E-state index in [4.69, 9.17) is 9.47 Å². The molecule has 0 unspecified atom stereocenters. The van der Waals surface area contributed by atoms with Crippen LogP contribution in [-0.2, 0) is 11.5 Å².